The zero-order valence-electron chi connectivity index (χ0n) is 13.0. The van der Waals surface area contributed by atoms with E-state index in [-0.39, 0.29) is 0 Å². The van der Waals surface area contributed by atoms with E-state index in [1.54, 1.807) is 17.5 Å². The van der Waals surface area contributed by atoms with Crippen molar-refractivity contribution in [1.29, 1.82) is 0 Å². The quantitative estimate of drug-likeness (QED) is 0.425. The van der Waals surface area contributed by atoms with E-state index in [4.69, 9.17) is 11.6 Å². The van der Waals surface area contributed by atoms with Crippen LogP contribution in [-0.4, -0.2) is 19.7 Å². The topological polar surface area (TPSA) is 43.6 Å². The molecule has 4 nitrogen and oxygen atoms in total. The van der Waals surface area contributed by atoms with Gasteiger partial charge in [-0.1, -0.05) is 59.3 Å². The molecule has 0 radical (unpaired) electrons. The number of halogens is 1. The van der Waals surface area contributed by atoms with Gasteiger partial charge in [-0.3, -0.25) is 0 Å². The summed E-state index contributed by atoms with van der Waals surface area (Å²) in [5, 5.41) is 11.7. The fraction of sp³-hybridized carbons (Fsp3) is 0.118. The molecule has 0 bridgehead atoms. The fourth-order valence-corrected chi connectivity index (χ4v) is 5.20. The first-order valence-corrected chi connectivity index (χ1v) is 10.5. The monoisotopic (exact) mass is 404 g/mol. The van der Waals surface area contributed by atoms with Crippen molar-refractivity contribution in [1.82, 2.24) is 19.7 Å². The van der Waals surface area contributed by atoms with Gasteiger partial charge in [0.2, 0.25) is 0 Å². The highest BCUT2D eigenvalue weighted by Crippen LogP contribution is 2.34. The Bertz CT molecular complexity index is 948. The van der Waals surface area contributed by atoms with Crippen molar-refractivity contribution in [3.05, 3.63) is 63.9 Å². The van der Waals surface area contributed by atoms with Crippen LogP contribution in [0.2, 0.25) is 4.34 Å². The molecule has 8 heteroatoms. The van der Waals surface area contributed by atoms with E-state index >= 15 is 0 Å². The van der Waals surface area contributed by atoms with Crippen LogP contribution in [0.1, 0.15) is 5.56 Å². The van der Waals surface area contributed by atoms with Crippen LogP contribution in [-0.2, 0) is 13.0 Å². The van der Waals surface area contributed by atoms with Crippen LogP contribution in [0.3, 0.4) is 0 Å². The highest BCUT2D eigenvalue weighted by Gasteiger charge is 2.17. The van der Waals surface area contributed by atoms with E-state index < -0.39 is 0 Å². The molecule has 4 rings (SSSR count). The van der Waals surface area contributed by atoms with Crippen LogP contribution in [0.25, 0.3) is 10.7 Å². The highest BCUT2D eigenvalue weighted by atomic mass is 35.5. The first-order chi connectivity index (χ1) is 12.3. The summed E-state index contributed by atoms with van der Waals surface area (Å²) < 4.78 is 3.71. The molecule has 0 fully saturated rings. The van der Waals surface area contributed by atoms with E-state index in [1.807, 2.05) is 12.1 Å². The summed E-state index contributed by atoms with van der Waals surface area (Å²) in [6.45, 7) is 0.811. The number of benzene rings is 1. The molecule has 3 aromatic heterocycles. The second kappa shape index (κ2) is 7.70. The number of aryl methyl sites for hydroxylation is 1. The lowest BCUT2D eigenvalue weighted by molar-refractivity contribution is 0.640. The van der Waals surface area contributed by atoms with Crippen LogP contribution in [0.15, 0.2) is 63.5 Å². The van der Waals surface area contributed by atoms with Gasteiger partial charge in [-0.15, -0.1) is 21.5 Å². The van der Waals surface area contributed by atoms with Crippen LogP contribution in [0.5, 0.6) is 0 Å². The molecule has 0 amide bonds. The predicted molar refractivity (Wildman–Crippen MR) is 105 cm³/mol. The second-order valence-electron chi connectivity index (χ2n) is 5.20. The lowest BCUT2D eigenvalue weighted by atomic mass is 10.1. The molecule has 3 heterocycles. The van der Waals surface area contributed by atoms with Gasteiger partial charge >= 0.3 is 0 Å². The number of nitrogens with zero attached hydrogens (tertiary/aromatic N) is 4. The molecular formula is C17H13ClN4S3. The number of thiazole rings is 1. The van der Waals surface area contributed by atoms with Gasteiger partial charge < -0.3 is 4.57 Å². The normalized spacial score (nSPS) is 11.1. The maximum Gasteiger partial charge on any atom is 0.198 e. The smallest absolute Gasteiger partial charge is 0.198 e. The predicted octanol–water partition coefficient (Wildman–Crippen LogP) is 5.51. The molecule has 0 N–H and O–H groups in total. The van der Waals surface area contributed by atoms with Gasteiger partial charge in [0, 0.05) is 6.54 Å². The maximum absolute atomic E-state index is 6.00. The molecule has 0 saturated carbocycles. The van der Waals surface area contributed by atoms with Crippen LogP contribution >= 0.6 is 46.0 Å². The Morgan fingerprint density at radius 1 is 1.08 bits per heavy atom. The Morgan fingerprint density at radius 3 is 2.68 bits per heavy atom. The van der Waals surface area contributed by atoms with Gasteiger partial charge in [0.1, 0.15) is 4.34 Å². The van der Waals surface area contributed by atoms with E-state index in [1.165, 1.54) is 28.7 Å². The number of hydrogen-bond donors (Lipinski definition) is 0. The van der Waals surface area contributed by atoms with Gasteiger partial charge in [0.25, 0.3) is 0 Å². The number of hydrogen-bond acceptors (Lipinski definition) is 6. The third-order valence-corrected chi connectivity index (χ3v) is 6.60. The Labute approximate surface area is 162 Å². The van der Waals surface area contributed by atoms with E-state index in [2.05, 4.69) is 55.5 Å². The van der Waals surface area contributed by atoms with Crippen LogP contribution in [0.4, 0.5) is 0 Å². The third-order valence-electron chi connectivity index (χ3n) is 3.56. The van der Waals surface area contributed by atoms with Crippen LogP contribution in [0, 0.1) is 0 Å². The summed E-state index contributed by atoms with van der Waals surface area (Å²) in [6, 6.07) is 14.5. The van der Waals surface area contributed by atoms with Gasteiger partial charge in [0.05, 0.1) is 11.1 Å². The summed E-state index contributed by atoms with van der Waals surface area (Å²) in [6.07, 6.45) is 2.59. The lowest BCUT2D eigenvalue weighted by Crippen LogP contribution is -2.04. The second-order valence-corrected chi connectivity index (χ2v) is 9.03. The fourth-order valence-electron chi connectivity index (χ4n) is 2.40. The lowest BCUT2D eigenvalue weighted by Gasteiger charge is -2.08. The Balaban J connectivity index is 1.64. The summed E-state index contributed by atoms with van der Waals surface area (Å²) in [7, 11) is 0. The van der Waals surface area contributed by atoms with Gasteiger partial charge in [-0.05, 0) is 35.2 Å². The molecular weight excluding hydrogens is 392 g/mol. The Morgan fingerprint density at radius 2 is 1.96 bits per heavy atom. The highest BCUT2D eigenvalue weighted by molar-refractivity contribution is 8.00. The molecule has 1 aromatic carbocycles. The largest absolute Gasteiger partial charge is 0.301 e. The van der Waals surface area contributed by atoms with Crippen molar-refractivity contribution in [3.63, 3.8) is 0 Å². The first-order valence-electron chi connectivity index (χ1n) is 7.60. The minimum atomic E-state index is 0.677. The van der Waals surface area contributed by atoms with E-state index in [9.17, 15) is 0 Å². The number of aromatic nitrogens is 4. The van der Waals surface area contributed by atoms with Crippen LogP contribution < -0.4 is 0 Å². The molecule has 0 unspecified atom stereocenters. The molecule has 126 valence electrons. The zero-order chi connectivity index (χ0) is 17.1. The van der Waals surface area contributed by atoms with E-state index in [0.717, 1.165) is 33.2 Å². The van der Waals surface area contributed by atoms with Gasteiger partial charge in [-0.25, -0.2) is 4.98 Å². The molecule has 0 aliphatic rings. The molecule has 0 atom stereocenters. The first kappa shape index (κ1) is 16.8. The number of rotatable bonds is 6. The molecule has 0 aliphatic heterocycles. The summed E-state index contributed by atoms with van der Waals surface area (Å²) >= 11 is 10.6. The van der Waals surface area contributed by atoms with Gasteiger partial charge in [-0.2, -0.15) is 0 Å². The Kier molecular flexibility index (Phi) is 5.17. The SMILES string of the molecule is Clc1cnc(Sc2nnc(-c3cccs3)n2CCc2ccccc2)s1. The van der Waals surface area contributed by atoms with Crippen molar-refractivity contribution < 1.29 is 0 Å². The molecule has 0 aliphatic carbocycles. The van der Waals surface area contributed by atoms with E-state index in [0.29, 0.717) is 4.34 Å². The Hall–Kier alpha value is -1.67. The van der Waals surface area contributed by atoms with Gasteiger partial charge in [0.15, 0.2) is 15.3 Å². The average Bonchev–Trinajstić information content (AvgIpc) is 3.36. The van der Waals surface area contributed by atoms with Crippen molar-refractivity contribution in [3.8, 4) is 10.7 Å². The average molecular weight is 405 g/mol. The molecule has 25 heavy (non-hydrogen) atoms. The summed E-state index contributed by atoms with van der Waals surface area (Å²) in [5.41, 5.74) is 1.29. The minimum absolute atomic E-state index is 0.677. The minimum Gasteiger partial charge on any atom is -0.301 e. The third kappa shape index (κ3) is 3.95. The molecule has 0 saturated heterocycles. The zero-order valence-corrected chi connectivity index (χ0v) is 16.2. The molecule has 0 spiro atoms. The maximum atomic E-state index is 6.00. The summed E-state index contributed by atoms with van der Waals surface area (Å²) in [4.78, 5) is 5.43. The standard InChI is InChI=1S/C17H13ClN4S3/c18-14-11-19-17(24-14)25-16-21-20-15(13-7-4-10-23-13)22(16)9-8-12-5-2-1-3-6-12/h1-7,10-11H,8-9H2. The van der Waals surface area contributed by atoms with Crippen molar-refractivity contribution in [2.24, 2.45) is 0 Å². The van der Waals surface area contributed by atoms with Crippen molar-refractivity contribution in [2.45, 2.75) is 22.5 Å². The molecule has 4 aromatic rings. The van der Waals surface area contributed by atoms with Crippen molar-refractivity contribution in [2.75, 3.05) is 0 Å². The van der Waals surface area contributed by atoms with Crippen molar-refractivity contribution >= 4 is 46.0 Å². The number of thiophene rings is 1. The summed E-state index contributed by atoms with van der Waals surface area (Å²) in [5.74, 6) is 0.899.